The van der Waals surface area contributed by atoms with Gasteiger partial charge in [0.2, 0.25) is 0 Å². The summed E-state index contributed by atoms with van der Waals surface area (Å²) in [5.41, 5.74) is 2.66. The Morgan fingerprint density at radius 3 is 2.35 bits per heavy atom. The molecule has 0 spiro atoms. The Bertz CT molecular complexity index is 643. The molecule has 1 unspecified atom stereocenters. The van der Waals surface area contributed by atoms with Crippen molar-refractivity contribution in [2.24, 2.45) is 0 Å². The average molecular weight is 467 g/mol. The Labute approximate surface area is 142 Å². The molecule has 2 aromatic rings. The second-order valence-corrected chi connectivity index (χ2v) is 7.00. The van der Waals surface area contributed by atoms with E-state index in [2.05, 4.69) is 47.8 Å². The highest BCUT2D eigenvalue weighted by molar-refractivity contribution is 9.11. The number of aryl methyl sites for hydroxylation is 1. The van der Waals surface area contributed by atoms with E-state index in [0.29, 0.717) is 11.3 Å². The van der Waals surface area contributed by atoms with Gasteiger partial charge in [-0.2, -0.15) is 0 Å². The number of ether oxygens (including phenoxy) is 1. The van der Waals surface area contributed by atoms with E-state index >= 15 is 0 Å². The van der Waals surface area contributed by atoms with Gasteiger partial charge in [0.25, 0.3) is 0 Å². The van der Waals surface area contributed by atoms with Gasteiger partial charge >= 0.3 is 0 Å². The van der Waals surface area contributed by atoms with Crippen LogP contribution in [0, 0.1) is 12.7 Å². The Morgan fingerprint density at radius 2 is 1.75 bits per heavy atom. The number of rotatable bonds is 3. The second kappa shape index (κ2) is 6.58. The molecule has 0 aromatic heterocycles. The maximum Gasteiger partial charge on any atom is 0.131 e. The Morgan fingerprint density at radius 1 is 1.05 bits per heavy atom. The van der Waals surface area contributed by atoms with Crippen LogP contribution in [0.3, 0.4) is 0 Å². The smallest absolute Gasteiger partial charge is 0.131 e. The van der Waals surface area contributed by atoms with Crippen LogP contribution in [0.1, 0.15) is 21.5 Å². The van der Waals surface area contributed by atoms with Crippen LogP contribution in [0.15, 0.2) is 39.3 Å². The molecule has 0 amide bonds. The zero-order valence-corrected chi connectivity index (χ0v) is 15.6. The number of alkyl halides is 1. The maximum absolute atomic E-state index is 14.1. The molecule has 1 atom stereocenters. The van der Waals surface area contributed by atoms with Crippen molar-refractivity contribution in [3.8, 4) is 5.75 Å². The molecule has 0 bridgehead atoms. The van der Waals surface area contributed by atoms with E-state index in [9.17, 15) is 4.39 Å². The summed E-state index contributed by atoms with van der Waals surface area (Å²) in [5.74, 6) is 0.213. The van der Waals surface area contributed by atoms with Crippen molar-refractivity contribution in [2.45, 2.75) is 11.8 Å². The summed E-state index contributed by atoms with van der Waals surface area (Å²) in [7, 11) is 1.52. The van der Waals surface area contributed by atoms with Crippen LogP contribution in [-0.2, 0) is 0 Å². The third-order valence-electron chi connectivity index (χ3n) is 3.03. The molecule has 106 valence electrons. The summed E-state index contributed by atoms with van der Waals surface area (Å²) in [6, 6.07) is 8.87. The minimum absolute atomic E-state index is 0.236. The van der Waals surface area contributed by atoms with Crippen LogP contribution in [-0.4, -0.2) is 7.11 Å². The first-order valence-electron chi connectivity index (χ1n) is 5.87. The van der Waals surface area contributed by atoms with Crippen molar-refractivity contribution < 1.29 is 9.13 Å². The Balaban J connectivity index is 2.46. The van der Waals surface area contributed by atoms with Gasteiger partial charge in [-0.25, -0.2) is 4.39 Å². The molecule has 0 fully saturated rings. The lowest BCUT2D eigenvalue weighted by atomic mass is 10.0. The van der Waals surface area contributed by atoms with E-state index < -0.39 is 0 Å². The molecular formula is C15H12Br3FO. The summed E-state index contributed by atoms with van der Waals surface area (Å²) in [5, 5.41) is 0. The predicted molar refractivity (Wildman–Crippen MR) is 90.3 cm³/mol. The fraction of sp³-hybridized carbons (Fsp3) is 0.200. The van der Waals surface area contributed by atoms with Crippen molar-refractivity contribution in [3.05, 3.63) is 61.8 Å². The molecule has 2 aromatic carbocycles. The highest BCUT2D eigenvalue weighted by atomic mass is 79.9. The minimum atomic E-state index is -0.296. The van der Waals surface area contributed by atoms with Crippen molar-refractivity contribution in [3.63, 3.8) is 0 Å². The molecule has 0 N–H and O–H groups in total. The van der Waals surface area contributed by atoms with E-state index in [-0.39, 0.29) is 10.6 Å². The van der Waals surface area contributed by atoms with Gasteiger partial charge in [0.15, 0.2) is 0 Å². The van der Waals surface area contributed by atoms with Crippen LogP contribution < -0.4 is 4.74 Å². The monoisotopic (exact) mass is 464 g/mol. The van der Waals surface area contributed by atoms with Gasteiger partial charge < -0.3 is 4.74 Å². The first kappa shape index (κ1) is 16.0. The lowest BCUT2D eigenvalue weighted by Gasteiger charge is -2.15. The Kier molecular flexibility index (Phi) is 5.26. The molecule has 0 saturated carbocycles. The summed E-state index contributed by atoms with van der Waals surface area (Å²) in [4.78, 5) is -0.236. The lowest BCUT2D eigenvalue weighted by Crippen LogP contribution is -1.99. The van der Waals surface area contributed by atoms with Crippen LogP contribution in [0.4, 0.5) is 4.39 Å². The molecule has 0 aliphatic rings. The molecular weight excluding hydrogens is 455 g/mol. The second-order valence-electron chi connectivity index (χ2n) is 4.37. The topological polar surface area (TPSA) is 9.23 Å². The van der Waals surface area contributed by atoms with Crippen molar-refractivity contribution >= 4 is 47.8 Å². The normalized spacial score (nSPS) is 12.3. The summed E-state index contributed by atoms with van der Waals surface area (Å²) in [6.07, 6.45) is 0. The zero-order chi connectivity index (χ0) is 14.9. The highest BCUT2D eigenvalue weighted by Gasteiger charge is 2.19. The first-order chi connectivity index (χ1) is 9.43. The van der Waals surface area contributed by atoms with Crippen molar-refractivity contribution in [2.75, 3.05) is 7.11 Å². The molecule has 0 saturated heterocycles. The minimum Gasteiger partial charge on any atom is -0.497 e. The van der Waals surface area contributed by atoms with Crippen molar-refractivity contribution in [1.29, 1.82) is 0 Å². The number of methoxy groups -OCH3 is 1. The summed E-state index contributed by atoms with van der Waals surface area (Å²) < 4.78 is 21.1. The van der Waals surface area contributed by atoms with E-state index in [1.165, 1.54) is 13.2 Å². The molecule has 0 heterocycles. The number of hydrogen-bond donors (Lipinski definition) is 0. The van der Waals surface area contributed by atoms with Gasteiger partial charge in [0.1, 0.15) is 11.6 Å². The maximum atomic E-state index is 14.1. The number of benzene rings is 2. The number of hydrogen-bond acceptors (Lipinski definition) is 1. The highest BCUT2D eigenvalue weighted by Crippen LogP contribution is 2.39. The SMILES string of the molecule is COc1ccc(C(Br)c2cc(Br)c(C)cc2Br)c(F)c1. The molecule has 0 aliphatic carbocycles. The fourth-order valence-electron chi connectivity index (χ4n) is 1.86. The van der Waals surface area contributed by atoms with E-state index in [4.69, 9.17) is 4.74 Å². The van der Waals surface area contributed by atoms with Crippen LogP contribution in [0.25, 0.3) is 0 Å². The van der Waals surface area contributed by atoms with Gasteiger partial charge in [-0.15, -0.1) is 0 Å². The molecule has 5 heteroatoms. The van der Waals surface area contributed by atoms with E-state index in [1.54, 1.807) is 12.1 Å². The molecule has 2 rings (SSSR count). The van der Waals surface area contributed by atoms with Gasteiger partial charge in [-0.1, -0.05) is 53.9 Å². The quantitative estimate of drug-likeness (QED) is 0.493. The van der Waals surface area contributed by atoms with Crippen LogP contribution in [0.5, 0.6) is 5.75 Å². The van der Waals surface area contributed by atoms with Gasteiger partial charge in [0, 0.05) is 20.6 Å². The van der Waals surface area contributed by atoms with Gasteiger partial charge in [0.05, 0.1) is 11.9 Å². The molecule has 20 heavy (non-hydrogen) atoms. The van der Waals surface area contributed by atoms with E-state index in [1.807, 2.05) is 19.1 Å². The summed E-state index contributed by atoms with van der Waals surface area (Å²) >= 11 is 10.6. The molecule has 1 nitrogen and oxygen atoms in total. The average Bonchev–Trinajstić information content (AvgIpc) is 2.42. The lowest BCUT2D eigenvalue weighted by molar-refractivity contribution is 0.411. The van der Waals surface area contributed by atoms with E-state index in [0.717, 1.165) is 20.1 Å². The fourth-order valence-corrected chi connectivity index (χ4v) is 3.97. The van der Waals surface area contributed by atoms with Gasteiger partial charge in [-0.05, 0) is 36.2 Å². The standard InChI is InChI=1S/C15H12Br3FO/c1-8-5-13(17)11(7-12(8)16)15(18)10-4-3-9(20-2)6-14(10)19/h3-7,15H,1-2H3. The third kappa shape index (κ3) is 3.26. The largest absolute Gasteiger partial charge is 0.497 e. The number of halogens is 4. The predicted octanol–water partition coefficient (Wildman–Crippen LogP) is 6.15. The Hall–Kier alpha value is -0.390. The summed E-state index contributed by atoms with van der Waals surface area (Å²) in [6.45, 7) is 2.01. The van der Waals surface area contributed by atoms with Crippen molar-refractivity contribution in [1.82, 2.24) is 0 Å². The van der Waals surface area contributed by atoms with Crippen LogP contribution >= 0.6 is 47.8 Å². The third-order valence-corrected chi connectivity index (χ3v) is 5.56. The molecule has 0 aliphatic heterocycles. The first-order valence-corrected chi connectivity index (χ1v) is 8.37. The van der Waals surface area contributed by atoms with Crippen LogP contribution in [0.2, 0.25) is 0 Å². The zero-order valence-electron chi connectivity index (χ0n) is 10.9. The molecule has 0 radical (unpaired) electrons. The van der Waals surface area contributed by atoms with Gasteiger partial charge in [-0.3, -0.25) is 0 Å².